The van der Waals surface area contributed by atoms with Crippen LogP contribution < -0.4 is 4.90 Å². The van der Waals surface area contributed by atoms with E-state index in [2.05, 4.69) is 120 Å². The predicted molar refractivity (Wildman–Crippen MR) is 208 cm³/mol. The van der Waals surface area contributed by atoms with E-state index in [9.17, 15) is 0 Å². The first-order valence-electron chi connectivity index (χ1n) is 16.9. The van der Waals surface area contributed by atoms with Crippen LogP contribution in [-0.4, -0.2) is 0 Å². The fourth-order valence-corrected chi connectivity index (χ4v) is 6.61. The minimum absolute atomic E-state index is 0.300. The van der Waals surface area contributed by atoms with Gasteiger partial charge in [0.2, 0.25) is 0 Å². The molecule has 0 saturated carbocycles. The maximum atomic E-state index is 17.2. The summed E-state index contributed by atoms with van der Waals surface area (Å²) >= 11 is 0. The Kier molecular flexibility index (Phi) is 8.57. The second-order valence-electron chi connectivity index (χ2n) is 12.3. The highest BCUT2D eigenvalue weighted by atomic mass is 19.1. The highest BCUT2D eigenvalue weighted by Crippen LogP contribution is 2.45. The molecule has 50 heavy (non-hydrogen) atoms. The van der Waals surface area contributed by atoms with Gasteiger partial charge in [-0.3, -0.25) is 0 Å². The van der Waals surface area contributed by atoms with Crippen LogP contribution >= 0.6 is 0 Å². The first kappa shape index (κ1) is 30.8. The number of anilines is 3. The molecule has 0 N–H and O–H groups in total. The summed E-state index contributed by atoms with van der Waals surface area (Å²) in [5.74, 6) is -0.300. The largest absolute Gasteiger partial charge is 0.307 e. The Morgan fingerprint density at radius 3 is 1.10 bits per heavy atom. The molecule has 0 aromatic heterocycles. The molecule has 0 radical (unpaired) electrons. The topological polar surface area (TPSA) is 3.24 Å². The van der Waals surface area contributed by atoms with Gasteiger partial charge in [0.25, 0.3) is 0 Å². The van der Waals surface area contributed by atoms with Crippen LogP contribution in [0.5, 0.6) is 0 Å². The van der Waals surface area contributed by atoms with Gasteiger partial charge in [0, 0.05) is 16.9 Å². The van der Waals surface area contributed by atoms with Crippen LogP contribution in [0.4, 0.5) is 21.5 Å². The van der Waals surface area contributed by atoms with Crippen molar-refractivity contribution in [3.63, 3.8) is 0 Å². The monoisotopic (exact) mass is 643 g/mol. The molecule has 0 bridgehead atoms. The lowest BCUT2D eigenvalue weighted by Crippen LogP contribution is -2.13. The molecule has 2 heteroatoms. The molecule has 0 fully saturated rings. The third-order valence-corrected chi connectivity index (χ3v) is 9.14. The fourth-order valence-electron chi connectivity index (χ4n) is 6.61. The highest BCUT2D eigenvalue weighted by Gasteiger charge is 2.23. The minimum atomic E-state index is -0.300. The van der Waals surface area contributed by atoms with Gasteiger partial charge >= 0.3 is 0 Å². The normalized spacial score (nSPS) is 10.9. The summed E-state index contributed by atoms with van der Waals surface area (Å²) in [6, 6.07) is 70.0. The summed E-state index contributed by atoms with van der Waals surface area (Å²) in [7, 11) is 0. The molecule has 0 saturated heterocycles. The van der Waals surface area contributed by atoms with E-state index in [1.165, 1.54) is 0 Å². The maximum Gasteiger partial charge on any atom is 0.148 e. The van der Waals surface area contributed by atoms with Crippen LogP contribution in [-0.2, 0) is 0 Å². The van der Waals surface area contributed by atoms with E-state index < -0.39 is 0 Å². The van der Waals surface area contributed by atoms with Crippen molar-refractivity contribution in [1.29, 1.82) is 0 Å². The predicted octanol–water partition coefficient (Wildman–Crippen LogP) is 13.6. The van der Waals surface area contributed by atoms with Gasteiger partial charge in [0.1, 0.15) is 5.82 Å². The van der Waals surface area contributed by atoms with Crippen molar-refractivity contribution in [2.45, 2.75) is 0 Å². The third-order valence-electron chi connectivity index (χ3n) is 9.14. The number of benzene rings is 8. The zero-order chi connectivity index (χ0) is 33.7. The molecular formula is C48H34FN. The lowest BCUT2D eigenvalue weighted by atomic mass is 9.93. The van der Waals surface area contributed by atoms with Crippen molar-refractivity contribution < 1.29 is 4.39 Å². The molecule has 0 aliphatic carbocycles. The van der Waals surface area contributed by atoms with Crippen molar-refractivity contribution in [2.24, 2.45) is 0 Å². The van der Waals surface area contributed by atoms with E-state index in [1.807, 2.05) is 84.9 Å². The van der Waals surface area contributed by atoms with Gasteiger partial charge in [-0.1, -0.05) is 164 Å². The number of rotatable bonds is 8. The zero-order valence-corrected chi connectivity index (χ0v) is 27.5. The molecule has 0 atom stereocenters. The highest BCUT2D eigenvalue weighted by molar-refractivity contribution is 5.92. The van der Waals surface area contributed by atoms with Crippen LogP contribution in [0.15, 0.2) is 206 Å². The maximum absolute atomic E-state index is 17.2. The van der Waals surface area contributed by atoms with Gasteiger partial charge in [-0.25, -0.2) is 4.39 Å². The standard InChI is InChI=1S/C48H34FN/c49-47-34-43(38-20-11-4-12-21-38)33-46(42-23-13-22-41(32-42)37-18-9-3-10-19-37)48(47)50(44-28-24-39(25-29-44)35-14-5-1-6-15-35)45-30-26-40(27-31-45)36-16-7-2-8-17-36/h1-34H. The third kappa shape index (κ3) is 6.35. The van der Waals surface area contributed by atoms with E-state index in [4.69, 9.17) is 0 Å². The van der Waals surface area contributed by atoms with Crippen LogP contribution in [0.3, 0.4) is 0 Å². The Balaban J connectivity index is 1.34. The second-order valence-corrected chi connectivity index (χ2v) is 12.3. The molecule has 8 aromatic carbocycles. The van der Waals surface area contributed by atoms with E-state index in [1.54, 1.807) is 6.07 Å². The van der Waals surface area contributed by atoms with Gasteiger partial charge in [-0.15, -0.1) is 0 Å². The quantitative estimate of drug-likeness (QED) is 0.159. The smallest absolute Gasteiger partial charge is 0.148 e. The van der Waals surface area contributed by atoms with E-state index >= 15 is 4.39 Å². The first-order chi connectivity index (χ1) is 24.7. The van der Waals surface area contributed by atoms with Crippen LogP contribution in [0.1, 0.15) is 0 Å². The molecule has 238 valence electrons. The van der Waals surface area contributed by atoms with E-state index in [0.29, 0.717) is 5.69 Å². The minimum Gasteiger partial charge on any atom is -0.307 e. The molecule has 1 nitrogen and oxygen atoms in total. The van der Waals surface area contributed by atoms with Gasteiger partial charge in [0.15, 0.2) is 0 Å². The Morgan fingerprint density at radius 1 is 0.280 bits per heavy atom. The fraction of sp³-hybridized carbons (Fsp3) is 0. The average Bonchev–Trinajstić information content (AvgIpc) is 3.20. The van der Waals surface area contributed by atoms with Crippen molar-refractivity contribution in [2.75, 3.05) is 4.90 Å². The van der Waals surface area contributed by atoms with Crippen LogP contribution in [0, 0.1) is 5.82 Å². The lowest BCUT2D eigenvalue weighted by molar-refractivity contribution is 0.630. The summed E-state index contributed by atoms with van der Waals surface area (Å²) in [5, 5.41) is 0. The molecule has 0 aliphatic rings. The van der Waals surface area contributed by atoms with Gasteiger partial charge < -0.3 is 4.90 Å². The molecule has 0 spiro atoms. The van der Waals surface area contributed by atoms with Crippen LogP contribution in [0.2, 0.25) is 0 Å². The summed E-state index contributed by atoms with van der Waals surface area (Å²) in [4.78, 5) is 2.05. The van der Waals surface area contributed by atoms with Crippen LogP contribution in [0.25, 0.3) is 55.6 Å². The van der Waals surface area contributed by atoms with Gasteiger partial charge in [-0.05, 0) is 92.5 Å². The summed E-state index contributed by atoms with van der Waals surface area (Å²) in [5.41, 5.74) is 12.4. The summed E-state index contributed by atoms with van der Waals surface area (Å²) in [6.45, 7) is 0. The number of halogens is 1. The zero-order valence-electron chi connectivity index (χ0n) is 27.5. The lowest BCUT2D eigenvalue weighted by Gasteiger charge is -2.29. The van der Waals surface area contributed by atoms with Gasteiger partial charge in [0.05, 0.1) is 5.69 Å². The molecule has 0 unspecified atom stereocenters. The van der Waals surface area contributed by atoms with Gasteiger partial charge in [-0.2, -0.15) is 0 Å². The van der Waals surface area contributed by atoms with Crippen molar-refractivity contribution in [1.82, 2.24) is 0 Å². The Hall–Kier alpha value is -6.51. The van der Waals surface area contributed by atoms with E-state index in [-0.39, 0.29) is 5.82 Å². The average molecular weight is 644 g/mol. The Morgan fingerprint density at radius 2 is 0.640 bits per heavy atom. The number of hydrogen-bond donors (Lipinski definition) is 0. The summed E-state index contributed by atoms with van der Waals surface area (Å²) < 4.78 is 17.2. The van der Waals surface area contributed by atoms with E-state index in [0.717, 1.165) is 67.0 Å². The van der Waals surface area contributed by atoms with Crippen molar-refractivity contribution >= 4 is 17.1 Å². The molecular weight excluding hydrogens is 610 g/mol. The molecule has 0 aliphatic heterocycles. The Bertz CT molecular complexity index is 2250. The number of nitrogens with zero attached hydrogens (tertiary/aromatic N) is 1. The molecule has 0 heterocycles. The molecule has 8 rings (SSSR count). The SMILES string of the molecule is Fc1cc(-c2ccccc2)cc(-c2cccc(-c3ccccc3)c2)c1N(c1ccc(-c2ccccc2)cc1)c1ccc(-c2ccccc2)cc1. The second kappa shape index (κ2) is 13.9. The molecule has 0 amide bonds. The van der Waals surface area contributed by atoms with Crippen molar-refractivity contribution in [3.05, 3.63) is 212 Å². The first-order valence-corrected chi connectivity index (χ1v) is 16.9. The van der Waals surface area contributed by atoms with Crippen molar-refractivity contribution in [3.8, 4) is 55.6 Å². The summed E-state index contributed by atoms with van der Waals surface area (Å²) in [6.07, 6.45) is 0. The Labute approximate surface area is 293 Å². The number of hydrogen-bond acceptors (Lipinski definition) is 1. The molecule has 8 aromatic rings.